The fourth-order valence-electron chi connectivity index (χ4n) is 2.70. The number of anilines is 1. The van der Waals surface area contributed by atoms with Crippen LogP contribution in [0.25, 0.3) is 11.4 Å². The molecule has 1 fully saturated rings. The molecule has 112 valence electrons. The average molecular weight is 304 g/mol. The molecule has 0 aliphatic carbocycles. The molecule has 1 atom stereocenters. The lowest BCUT2D eigenvalue weighted by Gasteiger charge is -2.38. The van der Waals surface area contributed by atoms with Crippen molar-refractivity contribution in [2.75, 3.05) is 24.6 Å². The molecule has 1 aliphatic rings. The minimum absolute atomic E-state index is 0.00699. The molecule has 0 amide bonds. The predicted molar refractivity (Wildman–Crippen MR) is 85.5 cm³/mol. The largest absolute Gasteiger partial charge is 0.394 e. The number of rotatable bonds is 3. The summed E-state index contributed by atoms with van der Waals surface area (Å²) in [5, 5.41) is 10.3. The van der Waals surface area contributed by atoms with Crippen molar-refractivity contribution in [3.8, 4) is 11.4 Å². The molecule has 0 saturated carbocycles. The second-order valence-electron chi connectivity index (χ2n) is 5.82. The van der Waals surface area contributed by atoms with E-state index in [9.17, 15) is 5.11 Å². The van der Waals surface area contributed by atoms with Crippen molar-refractivity contribution >= 4 is 16.7 Å². The van der Waals surface area contributed by atoms with Crippen LogP contribution < -0.4 is 10.6 Å². The third-order valence-electron chi connectivity index (χ3n) is 3.89. The summed E-state index contributed by atoms with van der Waals surface area (Å²) in [4.78, 5) is 6.78. The van der Waals surface area contributed by atoms with Gasteiger partial charge in [0.2, 0.25) is 5.13 Å². The number of aryl methyl sites for hydroxylation is 1. The molecule has 0 radical (unpaired) electrons. The van der Waals surface area contributed by atoms with E-state index < -0.39 is 5.54 Å². The highest BCUT2D eigenvalue weighted by Gasteiger charge is 2.32. The van der Waals surface area contributed by atoms with Crippen LogP contribution in [0, 0.1) is 6.92 Å². The number of hydrogen-bond donors (Lipinski definition) is 2. The number of benzene rings is 1. The molecule has 2 aromatic rings. The monoisotopic (exact) mass is 304 g/mol. The SMILES string of the molecule is Cc1cccc(-c2nsc(N3CCCC(N)(CO)C3)n2)c1. The molecule has 1 aromatic heterocycles. The summed E-state index contributed by atoms with van der Waals surface area (Å²) in [7, 11) is 0. The van der Waals surface area contributed by atoms with E-state index in [1.54, 1.807) is 0 Å². The maximum absolute atomic E-state index is 9.44. The van der Waals surface area contributed by atoms with Gasteiger partial charge in [-0.05, 0) is 25.8 Å². The molecule has 0 spiro atoms. The Morgan fingerprint density at radius 2 is 2.33 bits per heavy atom. The van der Waals surface area contributed by atoms with E-state index in [1.807, 2.05) is 12.1 Å². The Morgan fingerprint density at radius 1 is 1.48 bits per heavy atom. The van der Waals surface area contributed by atoms with Crippen LogP contribution in [0.1, 0.15) is 18.4 Å². The molecule has 2 heterocycles. The number of nitrogens with zero attached hydrogens (tertiary/aromatic N) is 3. The van der Waals surface area contributed by atoms with Gasteiger partial charge in [-0.2, -0.15) is 9.36 Å². The summed E-state index contributed by atoms with van der Waals surface area (Å²) in [6.45, 7) is 3.62. The molecular weight excluding hydrogens is 284 g/mol. The van der Waals surface area contributed by atoms with Gasteiger partial charge in [0.05, 0.1) is 12.1 Å². The standard InChI is InChI=1S/C15H20N4OS/c1-11-4-2-5-12(8-11)13-17-14(21-18-13)19-7-3-6-15(16,9-19)10-20/h2,4-5,8,20H,3,6-7,9-10,16H2,1H3. The number of aromatic nitrogens is 2. The molecule has 1 saturated heterocycles. The van der Waals surface area contributed by atoms with Gasteiger partial charge >= 0.3 is 0 Å². The second kappa shape index (κ2) is 5.71. The van der Waals surface area contributed by atoms with E-state index >= 15 is 0 Å². The minimum Gasteiger partial charge on any atom is -0.394 e. The highest BCUT2D eigenvalue weighted by atomic mass is 32.1. The maximum atomic E-state index is 9.44. The van der Waals surface area contributed by atoms with E-state index in [-0.39, 0.29) is 6.61 Å². The first-order chi connectivity index (χ1) is 10.1. The lowest BCUT2D eigenvalue weighted by Crippen LogP contribution is -2.56. The predicted octanol–water partition coefficient (Wildman–Crippen LogP) is 1.80. The zero-order valence-corrected chi connectivity index (χ0v) is 12.9. The maximum Gasteiger partial charge on any atom is 0.205 e. The highest BCUT2D eigenvalue weighted by Crippen LogP contribution is 2.28. The zero-order chi connectivity index (χ0) is 14.9. The molecular formula is C15H20N4OS. The van der Waals surface area contributed by atoms with Crippen LogP contribution in [-0.4, -0.2) is 39.7 Å². The first kappa shape index (κ1) is 14.4. The first-order valence-corrected chi connectivity index (χ1v) is 7.92. The van der Waals surface area contributed by atoms with Crippen LogP contribution in [0.5, 0.6) is 0 Å². The van der Waals surface area contributed by atoms with Crippen LogP contribution in [0.3, 0.4) is 0 Å². The lowest BCUT2D eigenvalue weighted by atomic mass is 9.91. The van der Waals surface area contributed by atoms with Crippen molar-refractivity contribution in [2.24, 2.45) is 5.73 Å². The fraction of sp³-hybridized carbons (Fsp3) is 0.467. The Labute approximate surface area is 128 Å². The average Bonchev–Trinajstić information content (AvgIpc) is 2.97. The van der Waals surface area contributed by atoms with Gasteiger partial charge in [-0.3, -0.25) is 0 Å². The Hall–Kier alpha value is -1.50. The van der Waals surface area contributed by atoms with Crippen molar-refractivity contribution < 1.29 is 5.11 Å². The molecule has 3 N–H and O–H groups in total. The number of nitrogens with two attached hydrogens (primary N) is 1. The van der Waals surface area contributed by atoms with Gasteiger partial charge in [-0.1, -0.05) is 23.8 Å². The number of aliphatic hydroxyl groups excluding tert-OH is 1. The number of aliphatic hydroxyl groups is 1. The summed E-state index contributed by atoms with van der Waals surface area (Å²) < 4.78 is 4.46. The van der Waals surface area contributed by atoms with E-state index in [4.69, 9.17) is 5.73 Å². The summed E-state index contributed by atoms with van der Waals surface area (Å²) in [6, 6.07) is 8.19. The van der Waals surface area contributed by atoms with Crippen molar-refractivity contribution in [3.05, 3.63) is 29.8 Å². The van der Waals surface area contributed by atoms with Gasteiger partial charge in [0.1, 0.15) is 0 Å². The molecule has 1 aliphatic heterocycles. The quantitative estimate of drug-likeness (QED) is 0.904. The third-order valence-corrected chi connectivity index (χ3v) is 4.66. The van der Waals surface area contributed by atoms with E-state index in [0.29, 0.717) is 6.54 Å². The van der Waals surface area contributed by atoms with Gasteiger partial charge < -0.3 is 15.7 Å². The lowest BCUT2D eigenvalue weighted by molar-refractivity contribution is 0.177. The van der Waals surface area contributed by atoms with Crippen LogP contribution >= 0.6 is 11.5 Å². The number of piperidine rings is 1. The summed E-state index contributed by atoms with van der Waals surface area (Å²) in [5.41, 5.74) is 7.90. The summed E-state index contributed by atoms with van der Waals surface area (Å²) in [5.74, 6) is 0.760. The van der Waals surface area contributed by atoms with Gasteiger partial charge in [0.15, 0.2) is 5.82 Å². The van der Waals surface area contributed by atoms with Crippen LogP contribution in [0.4, 0.5) is 5.13 Å². The first-order valence-electron chi connectivity index (χ1n) is 7.15. The Morgan fingerprint density at radius 3 is 3.10 bits per heavy atom. The summed E-state index contributed by atoms with van der Waals surface area (Å²) >= 11 is 1.40. The number of hydrogen-bond acceptors (Lipinski definition) is 6. The van der Waals surface area contributed by atoms with E-state index in [0.717, 1.165) is 35.9 Å². The fourth-order valence-corrected chi connectivity index (χ4v) is 3.41. The smallest absolute Gasteiger partial charge is 0.205 e. The zero-order valence-electron chi connectivity index (χ0n) is 12.1. The van der Waals surface area contributed by atoms with Crippen molar-refractivity contribution in [3.63, 3.8) is 0 Å². The molecule has 3 rings (SSSR count). The Kier molecular flexibility index (Phi) is 3.93. The minimum atomic E-state index is -0.520. The molecule has 1 aromatic carbocycles. The van der Waals surface area contributed by atoms with Gasteiger partial charge in [0.25, 0.3) is 0 Å². The molecule has 0 bridgehead atoms. The van der Waals surface area contributed by atoms with Crippen molar-refractivity contribution in [1.29, 1.82) is 0 Å². The third kappa shape index (κ3) is 3.07. The Bertz CT molecular complexity index is 630. The molecule has 1 unspecified atom stereocenters. The van der Waals surface area contributed by atoms with Gasteiger partial charge in [-0.15, -0.1) is 0 Å². The topological polar surface area (TPSA) is 75.3 Å². The van der Waals surface area contributed by atoms with E-state index in [2.05, 4.69) is 33.3 Å². The highest BCUT2D eigenvalue weighted by molar-refractivity contribution is 7.09. The van der Waals surface area contributed by atoms with E-state index in [1.165, 1.54) is 17.1 Å². The van der Waals surface area contributed by atoms with Gasteiger partial charge in [-0.25, -0.2) is 0 Å². The normalized spacial score (nSPS) is 22.5. The van der Waals surface area contributed by atoms with Crippen LogP contribution in [0.15, 0.2) is 24.3 Å². The van der Waals surface area contributed by atoms with Crippen molar-refractivity contribution in [2.45, 2.75) is 25.3 Å². The van der Waals surface area contributed by atoms with Crippen LogP contribution in [-0.2, 0) is 0 Å². The second-order valence-corrected chi connectivity index (χ2v) is 6.55. The Balaban J connectivity index is 1.82. The van der Waals surface area contributed by atoms with Crippen molar-refractivity contribution in [1.82, 2.24) is 9.36 Å². The van der Waals surface area contributed by atoms with Gasteiger partial charge in [0, 0.05) is 30.2 Å². The molecule has 21 heavy (non-hydrogen) atoms. The summed E-state index contributed by atoms with van der Waals surface area (Å²) in [6.07, 6.45) is 1.82. The molecule has 5 nitrogen and oxygen atoms in total. The molecule has 6 heteroatoms. The van der Waals surface area contributed by atoms with Crippen LogP contribution in [0.2, 0.25) is 0 Å².